The van der Waals surface area contributed by atoms with E-state index < -0.39 is 0 Å². The predicted molar refractivity (Wildman–Crippen MR) is 249 cm³/mol. The number of anilines is 1. The van der Waals surface area contributed by atoms with E-state index in [1.165, 1.54) is 0 Å². The van der Waals surface area contributed by atoms with Crippen molar-refractivity contribution in [3.8, 4) is 84.8 Å². The third kappa shape index (κ3) is 11.3. The number of benzene rings is 7. The van der Waals surface area contributed by atoms with Crippen LogP contribution >= 0.6 is 0 Å². The third-order valence-corrected chi connectivity index (χ3v) is 10.1. The Morgan fingerprint density at radius 1 is 0.569 bits per heavy atom. The molecule has 6 nitrogen and oxygen atoms in total. The van der Waals surface area contributed by atoms with Crippen LogP contribution in [0, 0.1) is 49.5 Å². The van der Waals surface area contributed by atoms with Crippen LogP contribution in [-0.4, -0.2) is 21.5 Å². The molecule has 0 unspecified atom stereocenters. The Kier molecular flexibility index (Phi) is 15.5. The quantitative estimate of drug-likeness (QED) is 0.101. The number of hydrogen-bond donors (Lipinski definition) is 0. The van der Waals surface area contributed by atoms with Crippen molar-refractivity contribution in [1.82, 2.24) is 14.5 Å². The first kappa shape index (κ1) is 45.9. The summed E-state index contributed by atoms with van der Waals surface area (Å²) < 4.78 is 14.3. The average molecular weight is 1200 g/mol. The number of hydrogen-bond acceptors (Lipinski definition) is 5. The molecule has 65 heavy (non-hydrogen) atoms. The molecule has 0 radical (unpaired) electrons. The maximum atomic E-state index is 6.66. The first-order chi connectivity index (χ1) is 31.1. The maximum absolute atomic E-state index is 6.66. The van der Waals surface area contributed by atoms with Gasteiger partial charge in [-0.2, -0.15) is 43.1 Å². The number of pyridine rings is 1. The predicted octanol–water partition coefficient (Wildman–Crippen LogP) is 13.2. The Bertz CT molecular complexity index is 2970. The van der Waals surface area contributed by atoms with Crippen molar-refractivity contribution in [2.24, 2.45) is 0 Å². The first-order valence-electron chi connectivity index (χ1n) is 20.2. The Morgan fingerprint density at radius 2 is 1.20 bits per heavy atom. The molecule has 7 aromatic carbocycles. The molecular weight excluding hydrogens is 1160 g/mol. The Morgan fingerprint density at radius 3 is 1.85 bits per heavy atom. The number of rotatable bonds is 10. The molecule has 8 heteroatoms. The minimum absolute atomic E-state index is 0. The van der Waals surface area contributed by atoms with E-state index in [9.17, 15) is 0 Å². The van der Waals surface area contributed by atoms with Crippen LogP contribution in [0.25, 0.3) is 55.8 Å². The van der Waals surface area contributed by atoms with Crippen molar-refractivity contribution >= 4 is 5.69 Å². The van der Waals surface area contributed by atoms with Gasteiger partial charge in [0.25, 0.3) is 0 Å². The zero-order chi connectivity index (χ0) is 42.8. The molecule has 1 aliphatic rings. The van der Waals surface area contributed by atoms with Gasteiger partial charge in [0.15, 0.2) is 0 Å². The molecule has 1 aliphatic heterocycles. The molecule has 0 amide bonds. The fourth-order valence-corrected chi connectivity index (χ4v) is 7.14. The largest absolute Gasteiger partial charge is 4.00 e. The zero-order valence-corrected chi connectivity index (χ0v) is 39.4. The second-order valence-electron chi connectivity index (χ2n) is 14.4. The summed E-state index contributed by atoms with van der Waals surface area (Å²) in [6.07, 6.45) is 15.8. The molecule has 3 heterocycles. The Labute approximate surface area is 410 Å². The third-order valence-electron chi connectivity index (χ3n) is 10.1. The van der Waals surface area contributed by atoms with Crippen molar-refractivity contribution in [1.29, 1.82) is 0 Å². The summed E-state index contributed by atoms with van der Waals surface area (Å²) in [7, 11) is 1.99. The van der Waals surface area contributed by atoms with E-state index in [1.54, 1.807) is 23.2 Å². The van der Waals surface area contributed by atoms with Crippen LogP contribution in [0.5, 0.6) is 23.0 Å². The fraction of sp³-hybridized carbons (Fsp3) is 0.0175. The van der Waals surface area contributed by atoms with Gasteiger partial charge in [-0.3, -0.25) is 11.1 Å². The summed E-state index contributed by atoms with van der Waals surface area (Å²) >= 11 is 0. The van der Waals surface area contributed by atoms with Gasteiger partial charge in [-0.15, -0.1) is 53.7 Å². The second kappa shape index (κ2) is 22.0. The number of para-hydroxylation sites is 1. The van der Waals surface area contributed by atoms with Crippen molar-refractivity contribution in [2.75, 3.05) is 11.9 Å². The van der Waals surface area contributed by atoms with Crippen LogP contribution < -0.4 is 14.4 Å². The van der Waals surface area contributed by atoms with Gasteiger partial charge >= 0.3 is 21.1 Å². The SMILES string of the molecule is CN1C=CN(c2[c-]c(Oc3[c-]c(-c4cc(-c5[c-]c(Oc6[c-]cccc6)ccc5)[c-]cn4)cc(-c4c(-c5ccccc5)cccc4-c4ccccc4)c3)ccc2)[CH-]1.[C-]#Cn1cccc1.[Pt+4].[Pt]. The van der Waals surface area contributed by atoms with Crippen LogP contribution in [0.15, 0.2) is 201 Å². The average Bonchev–Trinajstić information content (AvgIpc) is 4.05. The molecule has 10 rings (SSSR count). The van der Waals surface area contributed by atoms with Crippen molar-refractivity contribution < 1.29 is 51.6 Å². The summed E-state index contributed by atoms with van der Waals surface area (Å²) in [6, 6.07) is 75.5. The molecule has 0 saturated carbocycles. The van der Waals surface area contributed by atoms with Crippen molar-refractivity contribution in [3.63, 3.8) is 0 Å². The zero-order valence-electron chi connectivity index (χ0n) is 34.9. The van der Waals surface area contributed by atoms with Gasteiger partial charge in [0.2, 0.25) is 0 Å². The van der Waals surface area contributed by atoms with Gasteiger partial charge < -0.3 is 35.2 Å². The van der Waals surface area contributed by atoms with Crippen LogP contribution in [0.2, 0.25) is 0 Å². The number of ether oxygens (including phenoxy) is 2. The summed E-state index contributed by atoms with van der Waals surface area (Å²) in [5, 5.41) is 0. The number of nitrogens with zero attached hydrogens (tertiary/aromatic N) is 4. The topological polar surface area (TPSA) is 42.8 Å². The monoisotopic (exact) mass is 1200 g/mol. The summed E-state index contributed by atoms with van der Waals surface area (Å²) in [4.78, 5) is 8.81. The van der Waals surface area contributed by atoms with Gasteiger partial charge in [-0.1, -0.05) is 108 Å². The molecule has 9 aromatic rings. The molecule has 2 aromatic heterocycles. The van der Waals surface area contributed by atoms with Crippen LogP contribution in [0.1, 0.15) is 0 Å². The van der Waals surface area contributed by atoms with Crippen molar-refractivity contribution in [2.45, 2.75) is 0 Å². The standard InChI is InChI=1S/C51H33N3O2.C6H4N.2Pt/c1-53-28-29-54(36-53)43-19-12-23-46(35-43)56-47-32-41(50-34-40(26-27-52-50)39-18-11-22-45(31-39)55-44-20-9-4-10-21-44)30-42(33-47)51-48(37-14-5-2-6-15-37)24-13-25-49(51)38-16-7-3-8-17-38;1-2-7-5-3-4-6-7;;/h2-20,22-25,27-30,33-34,36H,1H3;3-6H;;/q-6;-1;;+4. The van der Waals surface area contributed by atoms with Crippen LogP contribution in [-0.2, 0) is 42.1 Å². The van der Waals surface area contributed by atoms with E-state index in [2.05, 4.69) is 115 Å². The first-order valence-corrected chi connectivity index (χ1v) is 20.2. The van der Waals surface area contributed by atoms with E-state index in [4.69, 9.17) is 20.9 Å². The van der Waals surface area contributed by atoms with Crippen LogP contribution in [0.4, 0.5) is 5.69 Å². The molecule has 320 valence electrons. The molecule has 0 atom stereocenters. The maximum Gasteiger partial charge on any atom is 4.00 e. The van der Waals surface area contributed by atoms with E-state index in [0.717, 1.165) is 55.8 Å². The normalized spacial score (nSPS) is 11.3. The van der Waals surface area contributed by atoms with E-state index in [-0.39, 0.29) is 42.1 Å². The van der Waals surface area contributed by atoms with Gasteiger partial charge in [-0.25, -0.2) is 24.2 Å². The number of aromatic nitrogens is 2. The summed E-state index contributed by atoms with van der Waals surface area (Å²) in [5.74, 6) is 2.30. The molecule has 0 aliphatic carbocycles. The minimum Gasteiger partial charge on any atom is -0.669 e. The van der Waals surface area contributed by atoms with E-state index >= 15 is 0 Å². The summed E-state index contributed by atoms with van der Waals surface area (Å²) in [6.45, 7) is 1.99. The molecule has 0 saturated heterocycles. The van der Waals surface area contributed by atoms with E-state index in [0.29, 0.717) is 28.7 Å². The molecule has 0 spiro atoms. The Hall–Kier alpha value is -7.15. The minimum atomic E-state index is 0. The molecule has 0 bridgehead atoms. The van der Waals surface area contributed by atoms with Gasteiger partial charge in [-0.05, 0) is 59.4 Å². The molecule has 0 fully saturated rings. The van der Waals surface area contributed by atoms with Gasteiger partial charge in [0.1, 0.15) is 0 Å². The molecule has 0 N–H and O–H groups in total. The van der Waals surface area contributed by atoms with Gasteiger partial charge in [0, 0.05) is 56.5 Å². The fourth-order valence-electron chi connectivity index (χ4n) is 7.14. The van der Waals surface area contributed by atoms with E-state index in [1.807, 2.05) is 127 Å². The second-order valence-corrected chi connectivity index (χ2v) is 14.4. The molecular formula is C57H37N4O2Pt2-3. The van der Waals surface area contributed by atoms with Gasteiger partial charge in [0.05, 0.1) is 0 Å². The smallest absolute Gasteiger partial charge is 0.669 e. The summed E-state index contributed by atoms with van der Waals surface area (Å²) in [5.41, 5.74) is 10.4. The van der Waals surface area contributed by atoms with Crippen molar-refractivity contribution in [3.05, 3.63) is 244 Å². The van der Waals surface area contributed by atoms with Crippen LogP contribution in [0.3, 0.4) is 0 Å². The Balaban J connectivity index is 0.000000642.